The van der Waals surface area contributed by atoms with E-state index in [0.717, 1.165) is 23.1 Å². The first-order valence-electron chi connectivity index (χ1n) is 11.8. The van der Waals surface area contributed by atoms with Crippen LogP contribution in [-0.2, 0) is 25.2 Å². The predicted octanol–water partition coefficient (Wildman–Crippen LogP) is 1.55. The van der Waals surface area contributed by atoms with E-state index in [9.17, 15) is 27.2 Å². The Hall–Kier alpha value is -3.42. The number of rotatable bonds is 5. The van der Waals surface area contributed by atoms with Crippen LogP contribution in [-0.4, -0.2) is 86.3 Å². The number of carbonyl (C=O) groups is 3. The van der Waals surface area contributed by atoms with E-state index in [0.29, 0.717) is 30.3 Å². The van der Waals surface area contributed by atoms with Gasteiger partial charge in [-0.15, -0.1) is 0 Å². The van der Waals surface area contributed by atoms with Gasteiger partial charge in [-0.05, 0) is 42.8 Å². The maximum Gasteiger partial charge on any atom is 0.325 e. The minimum absolute atomic E-state index is 0.0158. The van der Waals surface area contributed by atoms with Crippen molar-refractivity contribution < 1.29 is 36.7 Å². The summed E-state index contributed by atoms with van der Waals surface area (Å²) in [6.07, 6.45) is 0. The average Bonchev–Trinajstić information content (AvgIpc) is 3.13. The van der Waals surface area contributed by atoms with Gasteiger partial charge in [-0.2, -0.15) is 4.31 Å². The molecular formula is C24H24ClFN4O7S. The Bertz CT molecular complexity index is 1430. The van der Waals surface area contributed by atoms with Gasteiger partial charge >= 0.3 is 6.03 Å². The van der Waals surface area contributed by atoms with Crippen LogP contribution in [0, 0.1) is 5.82 Å². The minimum atomic E-state index is -3.95. The lowest BCUT2D eigenvalue weighted by molar-refractivity contribution is -0.139. The third kappa shape index (κ3) is 4.54. The summed E-state index contributed by atoms with van der Waals surface area (Å²) in [5.74, 6) is -0.825. The number of nitrogens with zero attached hydrogens (tertiary/aromatic N) is 3. The molecule has 1 N–H and O–H groups in total. The third-order valence-corrected chi connectivity index (χ3v) is 8.99. The molecule has 3 heterocycles. The molecule has 3 aliphatic rings. The number of halogens is 2. The number of fused-ring (bicyclic) bond motifs is 1. The molecule has 14 heteroatoms. The van der Waals surface area contributed by atoms with E-state index in [1.54, 1.807) is 25.1 Å². The van der Waals surface area contributed by atoms with Gasteiger partial charge in [-0.25, -0.2) is 17.6 Å². The summed E-state index contributed by atoms with van der Waals surface area (Å²) in [6, 6.07) is 7.39. The van der Waals surface area contributed by atoms with Crippen LogP contribution in [0.3, 0.4) is 0 Å². The van der Waals surface area contributed by atoms with E-state index in [-0.39, 0.29) is 36.1 Å². The first-order chi connectivity index (χ1) is 18.0. The van der Waals surface area contributed by atoms with Crippen LogP contribution >= 0.6 is 11.6 Å². The molecule has 2 saturated heterocycles. The number of hydrogen-bond acceptors (Lipinski definition) is 7. The van der Waals surface area contributed by atoms with Crippen LogP contribution in [0.1, 0.15) is 12.5 Å². The van der Waals surface area contributed by atoms with Gasteiger partial charge in [0.1, 0.15) is 31.1 Å². The number of imide groups is 1. The lowest BCUT2D eigenvalue weighted by Gasteiger charge is -2.34. The summed E-state index contributed by atoms with van der Waals surface area (Å²) in [6.45, 7) is 1.90. The summed E-state index contributed by atoms with van der Waals surface area (Å²) >= 11 is 5.73. The standard InChI is InChI=1S/C24H24ClFN4O7S/c1-24(15-2-5-19-20(12-15)37-11-10-36-19)22(32)30(23(33)27-24)14-21(31)28-6-8-29(9-7-28)38(34,35)16-3-4-18(26)17(25)13-16/h2-5,12-13H,6-11,14H2,1H3,(H,27,33)/t24-/m0/s1. The molecule has 3 aliphatic heterocycles. The van der Waals surface area contributed by atoms with Crippen LogP contribution in [0.2, 0.25) is 5.02 Å². The molecule has 5 rings (SSSR count). The van der Waals surface area contributed by atoms with Gasteiger partial charge in [0.05, 0.1) is 9.92 Å². The van der Waals surface area contributed by atoms with Gasteiger partial charge in [-0.3, -0.25) is 14.5 Å². The number of urea groups is 1. The van der Waals surface area contributed by atoms with Crippen molar-refractivity contribution in [1.29, 1.82) is 0 Å². The van der Waals surface area contributed by atoms with Crippen molar-refractivity contribution in [2.45, 2.75) is 17.4 Å². The summed E-state index contributed by atoms with van der Waals surface area (Å²) in [5.41, 5.74) is -0.925. The Morgan fingerprint density at radius 2 is 1.74 bits per heavy atom. The number of piperazine rings is 1. The summed E-state index contributed by atoms with van der Waals surface area (Å²) in [4.78, 5) is 41.1. The summed E-state index contributed by atoms with van der Waals surface area (Å²) in [7, 11) is -3.95. The normalized spacial score (nSPS) is 22.0. The van der Waals surface area contributed by atoms with Gasteiger partial charge < -0.3 is 19.7 Å². The van der Waals surface area contributed by atoms with E-state index in [2.05, 4.69) is 5.32 Å². The lowest BCUT2D eigenvalue weighted by Crippen LogP contribution is -2.53. The molecule has 11 nitrogen and oxygen atoms in total. The largest absolute Gasteiger partial charge is 0.486 e. The fraction of sp³-hybridized carbons (Fsp3) is 0.375. The Kier molecular flexibility index (Phi) is 6.70. The van der Waals surface area contributed by atoms with Crippen LogP contribution in [0.5, 0.6) is 11.5 Å². The molecule has 38 heavy (non-hydrogen) atoms. The van der Waals surface area contributed by atoms with E-state index in [4.69, 9.17) is 21.1 Å². The number of sulfonamides is 1. The number of carbonyl (C=O) groups excluding carboxylic acids is 3. The van der Waals surface area contributed by atoms with Crippen molar-refractivity contribution in [3.8, 4) is 11.5 Å². The van der Waals surface area contributed by atoms with Crippen molar-refractivity contribution in [1.82, 2.24) is 19.4 Å². The molecule has 0 radical (unpaired) electrons. The second-order valence-electron chi connectivity index (χ2n) is 9.17. The van der Waals surface area contributed by atoms with Gasteiger partial charge in [0.2, 0.25) is 15.9 Å². The summed E-state index contributed by atoms with van der Waals surface area (Å²) in [5, 5.41) is 2.35. The van der Waals surface area contributed by atoms with Gasteiger partial charge in [0.25, 0.3) is 5.91 Å². The lowest BCUT2D eigenvalue weighted by atomic mass is 9.91. The highest BCUT2D eigenvalue weighted by atomic mass is 35.5. The van der Waals surface area contributed by atoms with E-state index in [1.807, 2.05) is 0 Å². The molecule has 0 aromatic heterocycles. The monoisotopic (exact) mass is 566 g/mol. The zero-order valence-electron chi connectivity index (χ0n) is 20.3. The molecule has 4 amide bonds. The fourth-order valence-corrected chi connectivity index (χ4v) is 6.28. The molecule has 2 aromatic rings. The first-order valence-corrected chi connectivity index (χ1v) is 13.6. The topological polar surface area (TPSA) is 126 Å². The van der Waals surface area contributed by atoms with Crippen molar-refractivity contribution in [2.75, 3.05) is 45.9 Å². The maximum absolute atomic E-state index is 13.5. The molecule has 202 valence electrons. The number of amides is 4. The average molecular weight is 567 g/mol. The van der Waals surface area contributed by atoms with E-state index < -0.39 is 45.8 Å². The van der Waals surface area contributed by atoms with Crippen LogP contribution in [0.4, 0.5) is 9.18 Å². The molecule has 2 fully saturated rings. The van der Waals surface area contributed by atoms with E-state index >= 15 is 0 Å². The van der Waals surface area contributed by atoms with Gasteiger partial charge in [-0.1, -0.05) is 17.7 Å². The van der Waals surface area contributed by atoms with Crippen molar-refractivity contribution in [2.24, 2.45) is 0 Å². The summed E-state index contributed by atoms with van der Waals surface area (Å²) < 4.78 is 51.5. The zero-order valence-corrected chi connectivity index (χ0v) is 21.8. The van der Waals surface area contributed by atoms with Crippen molar-refractivity contribution >= 4 is 39.5 Å². The maximum atomic E-state index is 13.5. The number of benzene rings is 2. The fourth-order valence-electron chi connectivity index (χ4n) is 4.59. The molecule has 0 saturated carbocycles. The molecule has 0 aliphatic carbocycles. The van der Waals surface area contributed by atoms with E-state index in [1.165, 1.54) is 9.21 Å². The third-order valence-electron chi connectivity index (χ3n) is 6.81. The smallest absolute Gasteiger partial charge is 0.325 e. The molecule has 1 atom stereocenters. The minimum Gasteiger partial charge on any atom is -0.486 e. The van der Waals surface area contributed by atoms with Crippen molar-refractivity contribution in [3.63, 3.8) is 0 Å². The zero-order chi connectivity index (χ0) is 27.2. The van der Waals surface area contributed by atoms with Gasteiger partial charge in [0, 0.05) is 26.2 Å². The predicted molar refractivity (Wildman–Crippen MR) is 132 cm³/mol. The first kappa shape index (κ1) is 26.2. The molecule has 0 bridgehead atoms. The number of ether oxygens (including phenoxy) is 2. The molecule has 2 aromatic carbocycles. The SMILES string of the molecule is C[C@@]1(c2ccc3c(c2)OCCO3)NC(=O)N(CC(=O)N2CCN(S(=O)(=O)c3ccc(F)c(Cl)c3)CC2)C1=O. The Morgan fingerprint density at radius 1 is 1.05 bits per heavy atom. The molecule has 0 spiro atoms. The molecule has 0 unspecified atom stereocenters. The second-order valence-corrected chi connectivity index (χ2v) is 11.5. The van der Waals surface area contributed by atoms with Crippen molar-refractivity contribution in [3.05, 3.63) is 52.8 Å². The Morgan fingerprint density at radius 3 is 2.42 bits per heavy atom. The highest BCUT2D eigenvalue weighted by molar-refractivity contribution is 7.89. The van der Waals surface area contributed by atoms with Gasteiger partial charge in [0.15, 0.2) is 11.5 Å². The Balaban J connectivity index is 1.23. The quantitative estimate of drug-likeness (QED) is 0.544. The molecular weight excluding hydrogens is 543 g/mol. The number of nitrogens with one attached hydrogen (secondary N) is 1. The number of hydrogen-bond donors (Lipinski definition) is 1. The Labute approximate surface area is 223 Å². The van der Waals surface area contributed by atoms with Crippen LogP contribution in [0.25, 0.3) is 0 Å². The highest BCUT2D eigenvalue weighted by Crippen LogP contribution is 2.37. The van der Waals surface area contributed by atoms with Crippen LogP contribution < -0.4 is 14.8 Å². The van der Waals surface area contributed by atoms with Crippen LogP contribution in [0.15, 0.2) is 41.3 Å². The highest BCUT2D eigenvalue weighted by Gasteiger charge is 2.50. The second kappa shape index (κ2) is 9.71.